The second-order valence-corrected chi connectivity index (χ2v) is 5.37. The molecule has 1 unspecified atom stereocenters. The van der Waals surface area contributed by atoms with Gasteiger partial charge in [-0.25, -0.2) is 0 Å². The number of thiophene rings is 1. The molecule has 0 aliphatic carbocycles. The Bertz CT molecular complexity index is 533. The first kappa shape index (κ1) is 13.1. The summed E-state index contributed by atoms with van der Waals surface area (Å²) in [6, 6.07) is 8.19. The van der Waals surface area contributed by atoms with Crippen LogP contribution in [0.2, 0.25) is 0 Å². The van der Waals surface area contributed by atoms with E-state index < -0.39 is 0 Å². The standard InChI is InChI=1S/C15H19NOS/c1-4-17-13-6-5-10(2)9-12(13)14(16)15-11(3)7-8-18-15/h5-9,14H,4,16H2,1-3H3. The lowest BCUT2D eigenvalue weighted by Crippen LogP contribution is -2.13. The van der Waals surface area contributed by atoms with Crippen molar-refractivity contribution in [2.75, 3.05) is 6.61 Å². The lowest BCUT2D eigenvalue weighted by atomic mass is 10.0. The number of hydrogen-bond acceptors (Lipinski definition) is 3. The zero-order chi connectivity index (χ0) is 13.1. The van der Waals surface area contributed by atoms with Gasteiger partial charge in [-0.2, -0.15) is 0 Å². The van der Waals surface area contributed by atoms with E-state index in [0.717, 1.165) is 11.3 Å². The minimum absolute atomic E-state index is 0.105. The van der Waals surface area contributed by atoms with Gasteiger partial charge >= 0.3 is 0 Å². The van der Waals surface area contributed by atoms with Crippen LogP contribution < -0.4 is 10.5 Å². The Balaban J connectivity index is 2.43. The largest absolute Gasteiger partial charge is 0.494 e. The monoisotopic (exact) mass is 261 g/mol. The Morgan fingerprint density at radius 1 is 1.28 bits per heavy atom. The van der Waals surface area contributed by atoms with Crippen molar-refractivity contribution in [1.82, 2.24) is 0 Å². The van der Waals surface area contributed by atoms with Crippen molar-refractivity contribution in [3.05, 3.63) is 51.2 Å². The van der Waals surface area contributed by atoms with E-state index in [1.807, 2.05) is 13.0 Å². The number of ether oxygens (including phenoxy) is 1. The lowest BCUT2D eigenvalue weighted by Gasteiger charge is -2.17. The second-order valence-electron chi connectivity index (χ2n) is 4.42. The van der Waals surface area contributed by atoms with Crippen molar-refractivity contribution in [1.29, 1.82) is 0 Å². The average molecular weight is 261 g/mol. The van der Waals surface area contributed by atoms with E-state index >= 15 is 0 Å². The normalized spacial score (nSPS) is 12.4. The molecular weight excluding hydrogens is 242 g/mol. The fraction of sp³-hybridized carbons (Fsp3) is 0.333. The van der Waals surface area contributed by atoms with E-state index in [4.69, 9.17) is 10.5 Å². The molecule has 0 amide bonds. The molecule has 96 valence electrons. The summed E-state index contributed by atoms with van der Waals surface area (Å²) in [4.78, 5) is 1.21. The van der Waals surface area contributed by atoms with Crippen LogP contribution in [0, 0.1) is 13.8 Å². The highest BCUT2D eigenvalue weighted by atomic mass is 32.1. The fourth-order valence-electron chi connectivity index (χ4n) is 2.04. The van der Waals surface area contributed by atoms with Gasteiger partial charge < -0.3 is 10.5 Å². The molecule has 2 N–H and O–H groups in total. The Labute approximate surface area is 112 Å². The molecule has 3 heteroatoms. The summed E-state index contributed by atoms with van der Waals surface area (Å²) < 4.78 is 5.68. The van der Waals surface area contributed by atoms with E-state index in [0.29, 0.717) is 6.61 Å². The van der Waals surface area contributed by atoms with Gasteiger partial charge in [0.1, 0.15) is 5.75 Å². The van der Waals surface area contributed by atoms with E-state index in [-0.39, 0.29) is 6.04 Å². The van der Waals surface area contributed by atoms with Gasteiger partial charge in [-0.05, 0) is 43.8 Å². The van der Waals surface area contributed by atoms with Crippen molar-refractivity contribution < 1.29 is 4.74 Å². The summed E-state index contributed by atoms with van der Waals surface area (Å²) in [5, 5.41) is 2.08. The van der Waals surface area contributed by atoms with Crippen molar-refractivity contribution in [3.63, 3.8) is 0 Å². The molecule has 18 heavy (non-hydrogen) atoms. The van der Waals surface area contributed by atoms with Crippen LogP contribution in [0.4, 0.5) is 0 Å². The highest BCUT2D eigenvalue weighted by Crippen LogP contribution is 2.33. The maximum atomic E-state index is 6.39. The molecule has 0 saturated carbocycles. The summed E-state index contributed by atoms with van der Waals surface area (Å²) in [7, 11) is 0. The van der Waals surface area contributed by atoms with Gasteiger partial charge in [-0.1, -0.05) is 17.7 Å². The molecule has 2 rings (SSSR count). The topological polar surface area (TPSA) is 35.2 Å². The highest BCUT2D eigenvalue weighted by Gasteiger charge is 2.17. The zero-order valence-corrected chi connectivity index (χ0v) is 11.9. The fourth-order valence-corrected chi connectivity index (χ4v) is 2.99. The smallest absolute Gasteiger partial charge is 0.124 e. The molecule has 0 aliphatic heterocycles. The zero-order valence-electron chi connectivity index (χ0n) is 11.1. The number of aryl methyl sites for hydroxylation is 2. The number of nitrogens with two attached hydrogens (primary N) is 1. The maximum absolute atomic E-state index is 6.39. The molecule has 0 saturated heterocycles. The second kappa shape index (κ2) is 5.55. The number of benzene rings is 1. The molecule has 1 aromatic carbocycles. The van der Waals surface area contributed by atoms with E-state index in [1.165, 1.54) is 16.0 Å². The van der Waals surface area contributed by atoms with Gasteiger partial charge in [0.2, 0.25) is 0 Å². The minimum atomic E-state index is -0.105. The first-order chi connectivity index (χ1) is 8.63. The van der Waals surface area contributed by atoms with Crippen molar-refractivity contribution >= 4 is 11.3 Å². The molecule has 2 aromatic rings. The molecule has 1 atom stereocenters. The Morgan fingerprint density at radius 2 is 2.06 bits per heavy atom. The van der Waals surface area contributed by atoms with Crippen LogP contribution in [0.15, 0.2) is 29.6 Å². The molecule has 1 aromatic heterocycles. The van der Waals surface area contributed by atoms with Crippen LogP contribution in [-0.2, 0) is 0 Å². The SMILES string of the molecule is CCOc1ccc(C)cc1C(N)c1sccc1C. The van der Waals surface area contributed by atoms with Crippen LogP contribution >= 0.6 is 11.3 Å². The van der Waals surface area contributed by atoms with Crippen molar-refractivity contribution in [2.24, 2.45) is 5.73 Å². The Kier molecular flexibility index (Phi) is 4.04. The molecule has 0 fully saturated rings. The van der Waals surface area contributed by atoms with E-state index in [2.05, 4.69) is 37.4 Å². The molecule has 0 radical (unpaired) electrons. The summed E-state index contributed by atoms with van der Waals surface area (Å²) >= 11 is 1.70. The van der Waals surface area contributed by atoms with Gasteiger partial charge in [0.15, 0.2) is 0 Å². The molecule has 0 bridgehead atoms. The summed E-state index contributed by atoms with van der Waals surface area (Å²) in [5.74, 6) is 0.892. The Hall–Kier alpha value is -1.32. The predicted octanol–water partition coefficient (Wildman–Crippen LogP) is 3.81. The van der Waals surface area contributed by atoms with E-state index in [1.54, 1.807) is 11.3 Å². The maximum Gasteiger partial charge on any atom is 0.124 e. The Morgan fingerprint density at radius 3 is 2.67 bits per heavy atom. The van der Waals surface area contributed by atoms with Gasteiger partial charge in [-0.15, -0.1) is 11.3 Å². The highest BCUT2D eigenvalue weighted by molar-refractivity contribution is 7.10. The first-order valence-corrected chi connectivity index (χ1v) is 7.04. The first-order valence-electron chi connectivity index (χ1n) is 6.16. The lowest BCUT2D eigenvalue weighted by molar-refractivity contribution is 0.335. The third kappa shape index (κ3) is 2.57. The number of rotatable bonds is 4. The van der Waals surface area contributed by atoms with Crippen LogP contribution in [0.3, 0.4) is 0 Å². The number of hydrogen-bond donors (Lipinski definition) is 1. The van der Waals surface area contributed by atoms with Gasteiger partial charge in [0, 0.05) is 10.4 Å². The third-order valence-corrected chi connectivity index (χ3v) is 4.09. The van der Waals surface area contributed by atoms with Crippen molar-refractivity contribution in [3.8, 4) is 5.75 Å². The van der Waals surface area contributed by atoms with Crippen LogP contribution in [0.25, 0.3) is 0 Å². The predicted molar refractivity (Wildman–Crippen MR) is 77.4 cm³/mol. The summed E-state index contributed by atoms with van der Waals surface area (Å²) in [6.07, 6.45) is 0. The average Bonchev–Trinajstić information content (AvgIpc) is 2.77. The summed E-state index contributed by atoms with van der Waals surface area (Å²) in [6.45, 7) is 6.83. The van der Waals surface area contributed by atoms with Crippen LogP contribution in [-0.4, -0.2) is 6.61 Å². The van der Waals surface area contributed by atoms with Crippen LogP contribution in [0.5, 0.6) is 5.75 Å². The quantitative estimate of drug-likeness (QED) is 0.908. The van der Waals surface area contributed by atoms with E-state index in [9.17, 15) is 0 Å². The van der Waals surface area contributed by atoms with Gasteiger partial charge in [0.25, 0.3) is 0 Å². The third-order valence-electron chi connectivity index (χ3n) is 2.98. The molecular formula is C15H19NOS. The van der Waals surface area contributed by atoms with Crippen LogP contribution in [0.1, 0.15) is 34.5 Å². The molecule has 0 spiro atoms. The van der Waals surface area contributed by atoms with Crippen molar-refractivity contribution in [2.45, 2.75) is 26.8 Å². The molecule has 1 heterocycles. The minimum Gasteiger partial charge on any atom is -0.494 e. The summed E-state index contributed by atoms with van der Waals surface area (Å²) in [5.41, 5.74) is 9.92. The van der Waals surface area contributed by atoms with Gasteiger partial charge in [0.05, 0.1) is 12.6 Å². The van der Waals surface area contributed by atoms with Gasteiger partial charge in [-0.3, -0.25) is 0 Å². The molecule has 0 aliphatic rings. The molecule has 2 nitrogen and oxygen atoms in total.